The Bertz CT molecular complexity index is 592. The van der Waals surface area contributed by atoms with Crippen LogP contribution in [0.5, 0.6) is 0 Å². The molecule has 0 N–H and O–H groups in total. The molecule has 0 aliphatic carbocycles. The SMILES string of the molecule is O=C(c1cccc2cnccc12)C(F)(F)C(F)F. The van der Waals surface area contributed by atoms with Crippen molar-refractivity contribution in [1.82, 2.24) is 4.98 Å². The zero-order chi connectivity index (χ0) is 13.3. The second kappa shape index (κ2) is 4.36. The van der Waals surface area contributed by atoms with Gasteiger partial charge in [-0.05, 0) is 11.5 Å². The number of halogens is 4. The van der Waals surface area contributed by atoms with Crippen LogP contribution in [-0.4, -0.2) is 23.1 Å². The van der Waals surface area contributed by atoms with Gasteiger partial charge in [-0.1, -0.05) is 18.2 Å². The summed E-state index contributed by atoms with van der Waals surface area (Å²) in [6.07, 6.45) is -1.35. The molecule has 1 aromatic carbocycles. The maximum atomic E-state index is 13.0. The Balaban J connectivity index is 2.59. The molecule has 0 amide bonds. The Morgan fingerprint density at radius 2 is 1.94 bits per heavy atom. The average molecular weight is 257 g/mol. The number of nitrogens with zero attached hydrogens (tertiary/aromatic N) is 1. The minimum absolute atomic E-state index is 0.179. The van der Waals surface area contributed by atoms with Crippen LogP contribution >= 0.6 is 0 Å². The van der Waals surface area contributed by atoms with Crippen LogP contribution in [0.15, 0.2) is 36.7 Å². The highest BCUT2D eigenvalue weighted by molar-refractivity contribution is 6.11. The van der Waals surface area contributed by atoms with Crippen molar-refractivity contribution in [2.75, 3.05) is 0 Å². The zero-order valence-corrected chi connectivity index (χ0v) is 8.91. The number of Topliss-reactive ketones (excluding diaryl/α,β-unsaturated/α-hetero) is 1. The largest absolute Gasteiger partial charge is 0.368 e. The quantitative estimate of drug-likeness (QED) is 0.623. The summed E-state index contributed by atoms with van der Waals surface area (Å²) >= 11 is 0. The molecule has 6 heteroatoms. The second-order valence-corrected chi connectivity index (χ2v) is 3.66. The summed E-state index contributed by atoms with van der Waals surface area (Å²) in [6.45, 7) is 0. The first-order valence-electron chi connectivity index (χ1n) is 4.98. The summed E-state index contributed by atoms with van der Waals surface area (Å²) in [4.78, 5) is 15.2. The zero-order valence-electron chi connectivity index (χ0n) is 8.91. The lowest BCUT2D eigenvalue weighted by Gasteiger charge is -2.14. The van der Waals surface area contributed by atoms with E-state index in [-0.39, 0.29) is 5.39 Å². The fourth-order valence-electron chi connectivity index (χ4n) is 1.60. The van der Waals surface area contributed by atoms with Gasteiger partial charge in [0.05, 0.1) is 0 Å². The minimum atomic E-state index is -4.68. The Labute approximate surface area is 99.3 Å². The van der Waals surface area contributed by atoms with Crippen LogP contribution in [0.2, 0.25) is 0 Å². The van der Waals surface area contributed by atoms with Gasteiger partial charge in [-0.15, -0.1) is 0 Å². The van der Waals surface area contributed by atoms with E-state index < -0.39 is 23.7 Å². The van der Waals surface area contributed by atoms with Crippen molar-refractivity contribution in [2.24, 2.45) is 0 Å². The Hall–Kier alpha value is -1.98. The van der Waals surface area contributed by atoms with E-state index in [1.807, 2.05) is 0 Å². The van der Waals surface area contributed by atoms with Crippen molar-refractivity contribution < 1.29 is 22.4 Å². The topological polar surface area (TPSA) is 30.0 Å². The Morgan fingerprint density at radius 3 is 2.61 bits per heavy atom. The van der Waals surface area contributed by atoms with E-state index in [9.17, 15) is 22.4 Å². The van der Waals surface area contributed by atoms with E-state index >= 15 is 0 Å². The van der Waals surface area contributed by atoms with Crippen LogP contribution in [0.1, 0.15) is 10.4 Å². The molecule has 0 aliphatic heterocycles. The van der Waals surface area contributed by atoms with Crippen molar-refractivity contribution in [1.29, 1.82) is 0 Å². The first-order valence-corrected chi connectivity index (χ1v) is 4.98. The van der Waals surface area contributed by atoms with Crippen molar-refractivity contribution in [3.63, 3.8) is 0 Å². The van der Waals surface area contributed by atoms with E-state index in [1.54, 1.807) is 6.07 Å². The molecule has 2 nitrogen and oxygen atoms in total. The highest BCUT2D eigenvalue weighted by Crippen LogP contribution is 2.30. The fourth-order valence-corrected chi connectivity index (χ4v) is 1.60. The van der Waals surface area contributed by atoms with Gasteiger partial charge in [0.2, 0.25) is 5.78 Å². The lowest BCUT2D eigenvalue weighted by atomic mass is 9.99. The van der Waals surface area contributed by atoms with Crippen LogP contribution in [0.4, 0.5) is 17.6 Å². The lowest BCUT2D eigenvalue weighted by molar-refractivity contribution is -0.0957. The van der Waals surface area contributed by atoms with E-state index in [0.29, 0.717) is 5.39 Å². The predicted molar refractivity (Wildman–Crippen MR) is 57.0 cm³/mol. The molecule has 94 valence electrons. The van der Waals surface area contributed by atoms with Crippen LogP contribution in [0, 0.1) is 0 Å². The van der Waals surface area contributed by atoms with E-state index in [2.05, 4.69) is 4.98 Å². The standard InChI is InChI=1S/C12H7F4NO/c13-11(14)12(15,16)10(18)9-3-1-2-7-6-17-5-4-8(7)9/h1-6,11H. The number of ketones is 1. The van der Waals surface area contributed by atoms with Crippen LogP contribution in [0.25, 0.3) is 10.8 Å². The van der Waals surface area contributed by atoms with Crippen LogP contribution in [-0.2, 0) is 0 Å². The molecule has 0 aliphatic rings. The molecule has 18 heavy (non-hydrogen) atoms. The first kappa shape index (κ1) is 12.5. The Kier molecular flexibility index (Phi) is 3.02. The minimum Gasteiger partial charge on any atom is -0.287 e. The molecule has 0 bridgehead atoms. The summed E-state index contributed by atoms with van der Waals surface area (Å²) in [7, 11) is 0. The van der Waals surface area contributed by atoms with Gasteiger partial charge in [0.1, 0.15) is 0 Å². The van der Waals surface area contributed by atoms with Gasteiger partial charge < -0.3 is 0 Å². The molecule has 0 fully saturated rings. The number of carbonyl (C=O) groups excluding carboxylic acids is 1. The molecular weight excluding hydrogens is 250 g/mol. The maximum Gasteiger partial charge on any atom is 0.368 e. The molecule has 1 heterocycles. The van der Waals surface area contributed by atoms with Gasteiger partial charge >= 0.3 is 12.3 Å². The molecule has 2 rings (SSSR count). The molecule has 2 aromatic rings. The van der Waals surface area contributed by atoms with Gasteiger partial charge in [0.15, 0.2) is 0 Å². The molecule has 0 saturated carbocycles. The number of fused-ring (bicyclic) bond motifs is 1. The number of carbonyl (C=O) groups is 1. The summed E-state index contributed by atoms with van der Waals surface area (Å²) in [6, 6.07) is 5.34. The second-order valence-electron chi connectivity index (χ2n) is 3.66. The highest BCUT2D eigenvalue weighted by atomic mass is 19.3. The maximum absolute atomic E-state index is 13.0. The summed E-state index contributed by atoms with van der Waals surface area (Å²) in [5.74, 6) is -6.56. The molecular formula is C12H7F4NO. The first-order chi connectivity index (χ1) is 8.44. The number of rotatable bonds is 3. The Morgan fingerprint density at radius 1 is 1.22 bits per heavy atom. The number of benzene rings is 1. The molecule has 0 atom stereocenters. The van der Waals surface area contributed by atoms with E-state index in [0.717, 1.165) is 6.07 Å². The number of hydrogen-bond acceptors (Lipinski definition) is 2. The number of alkyl halides is 4. The van der Waals surface area contributed by atoms with Gasteiger partial charge in [-0.3, -0.25) is 9.78 Å². The fraction of sp³-hybridized carbons (Fsp3) is 0.167. The van der Waals surface area contributed by atoms with Crippen molar-refractivity contribution in [3.8, 4) is 0 Å². The van der Waals surface area contributed by atoms with Crippen molar-refractivity contribution in [3.05, 3.63) is 42.2 Å². The third-order valence-electron chi connectivity index (χ3n) is 2.50. The van der Waals surface area contributed by atoms with Crippen LogP contribution in [0.3, 0.4) is 0 Å². The third-order valence-corrected chi connectivity index (χ3v) is 2.50. The van der Waals surface area contributed by atoms with E-state index in [4.69, 9.17) is 0 Å². The smallest absolute Gasteiger partial charge is 0.287 e. The van der Waals surface area contributed by atoms with Crippen molar-refractivity contribution in [2.45, 2.75) is 12.3 Å². The van der Waals surface area contributed by atoms with Crippen molar-refractivity contribution >= 4 is 16.6 Å². The number of aromatic nitrogens is 1. The molecule has 0 unspecified atom stereocenters. The van der Waals surface area contributed by atoms with Gasteiger partial charge in [0.25, 0.3) is 0 Å². The highest BCUT2D eigenvalue weighted by Gasteiger charge is 2.49. The summed E-state index contributed by atoms with van der Waals surface area (Å²) in [5.41, 5.74) is -0.430. The summed E-state index contributed by atoms with van der Waals surface area (Å²) < 4.78 is 50.4. The van der Waals surface area contributed by atoms with Gasteiger partial charge in [-0.2, -0.15) is 8.78 Å². The average Bonchev–Trinajstić information content (AvgIpc) is 2.37. The third kappa shape index (κ3) is 1.94. The number of pyridine rings is 1. The van der Waals surface area contributed by atoms with Crippen LogP contribution < -0.4 is 0 Å². The van der Waals surface area contributed by atoms with E-state index in [1.165, 1.54) is 24.5 Å². The lowest BCUT2D eigenvalue weighted by Crippen LogP contribution is -2.36. The number of hydrogen-bond donors (Lipinski definition) is 0. The normalized spacial score (nSPS) is 12.1. The predicted octanol–water partition coefficient (Wildman–Crippen LogP) is 3.32. The van der Waals surface area contributed by atoms with Gasteiger partial charge in [-0.25, -0.2) is 8.78 Å². The molecule has 1 aromatic heterocycles. The monoisotopic (exact) mass is 257 g/mol. The van der Waals surface area contributed by atoms with Gasteiger partial charge in [0, 0.05) is 23.3 Å². The molecule has 0 saturated heterocycles. The molecule has 0 spiro atoms. The molecule has 0 radical (unpaired) electrons. The summed E-state index contributed by atoms with van der Waals surface area (Å²) in [5, 5.41) is 0.617.